The quantitative estimate of drug-likeness (QED) is 0.666. The van der Waals surface area contributed by atoms with Gasteiger partial charge in [-0.25, -0.2) is 4.98 Å². The van der Waals surface area contributed by atoms with Crippen LogP contribution < -0.4 is 9.64 Å². The van der Waals surface area contributed by atoms with E-state index >= 15 is 0 Å². The molecule has 126 valence electrons. The van der Waals surface area contributed by atoms with Gasteiger partial charge in [0.15, 0.2) is 0 Å². The van der Waals surface area contributed by atoms with Crippen LogP contribution in [0.4, 0.5) is 14.5 Å². The summed E-state index contributed by atoms with van der Waals surface area (Å²) in [5.41, 5.74) is 2.57. The van der Waals surface area contributed by atoms with Gasteiger partial charge in [0.25, 0.3) is 0 Å². The summed E-state index contributed by atoms with van der Waals surface area (Å²) in [6, 6.07) is 6.79. The number of fused-ring (bicyclic) bond motifs is 1. The van der Waals surface area contributed by atoms with Crippen molar-refractivity contribution >= 4 is 27.9 Å². The van der Waals surface area contributed by atoms with Crippen molar-refractivity contribution in [1.29, 1.82) is 0 Å². The molecule has 7 heteroatoms. The first-order valence-electron chi connectivity index (χ1n) is 7.48. The molecule has 2 heterocycles. The zero-order valence-electron chi connectivity index (χ0n) is 13.4. The average Bonchev–Trinajstić information content (AvgIpc) is 3.05. The number of aryl methyl sites for hydroxylation is 1. The van der Waals surface area contributed by atoms with E-state index in [1.54, 1.807) is 29.7 Å². The smallest absolute Gasteiger partial charge is 0.387 e. The molecule has 0 fully saturated rings. The van der Waals surface area contributed by atoms with Gasteiger partial charge in [0.2, 0.25) is 0 Å². The predicted molar refractivity (Wildman–Crippen MR) is 92.2 cm³/mol. The first-order valence-corrected chi connectivity index (χ1v) is 8.36. The molecule has 0 aliphatic carbocycles. The Morgan fingerprint density at radius 3 is 2.83 bits per heavy atom. The van der Waals surface area contributed by atoms with Crippen molar-refractivity contribution in [3.05, 3.63) is 46.5 Å². The zero-order chi connectivity index (χ0) is 17.1. The summed E-state index contributed by atoms with van der Waals surface area (Å²) in [5.74, 6) is 0.137. The maximum absolute atomic E-state index is 12.5. The van der Waals surface area contributed by atoms with Crippen LogP contribution >= 0.6 is 11.3 Å². The van der Waals surface area contributed by atoms with Crippen LogP contribution in [0.5, 0.6) is 5.75 Å². The van der Waals surface area contributed by atoms with Gasteiger partial charge < -0.3 is 9.64 Å². The van der Waals surface area contributed by atoms with Gasteiger partial charge in [-0.05, 0) is 31.2 Å². The Balaban J connectivity index is 1.91. The highest BCUT2D eigenvalue weighted by Crippen LogP contribution is 2.30. The molecule has 24 heavy (non-hydrogen) atoms. The Morgan fingerprint density at radius 2 is 2.12 bits per heavy atom. The number of aromatic nitrogens is 2. The van der Waals surface area contributed by atoms with Gasteiger partial charge in [-0.15, -0.1) is 11.3 Å². The van der Waals surface area contributed by atoms with Gasteiger partial charge in [-0.2, -0.15) is 8.78 Å². The summed E-state index contributed by atoms with van der Waals surface area (Å²) >= 11 is 1.62. The van der Waals surface area contributed by atoms with Crippen molar-refractivity contribution in [3.63, 3.8) is 0 Å². The Morgan fingerprint density at radius 1 is 1.29 bits per heavy atom. The highest BCUT2D eigenvalue weighted by atomic mass is 32.1. The molecule has 0 atom stereocenters. The Bertz CT molecular complexity index is 824. The molecule has 0 saturated carbocycles. The predicted octanol–water partition coefficient (Wildman–Crippen LogP) is 4.28. The SMILES string of the molecule is Cc1cc(N(C)CCc2nccs2)c2cc(OC(F)F)ccc2n1. The summed E-state index contributed by atoms with van der Waals surface area (Å²) < 4.78 is 29.5. The van der Waals surface area contributed by atoms with Gasteiger partial charge in [-0.1, -0.05) is 0 Å². The van der Waals surface area contributed by atoms with E-state index in [0.29, 0.717) is 0 Å². The highest BCUT2D eigenvalue weighted by molar-refractivity contribution is 7.09. The largest absolute Gasteiger partial charge is 0.435 e. The Hall–Kier alpha value is -2.28. The molecule has 1 aromatic carbocycles. The lowest BCUT2D eigenvalue weighted by atomic mass is 10.1. The number of alkyl halides is 2. The molecular formula is C17H17F2N3OS. The Kier molecular flexibility index (Phi) is 4.89. The van der Waals surface area contributed by atoms with Crippen molar-refractivity contribution in [1.82, 2.24) is 9.97 Å². The van der Waals surface area contributed by atoms with Crippen LogP contribution in [0.25, 0.3) is 10.9 Å². The second-order valence-electron chi connectivity index (χ2n) is 5.44. The maximum atomic E-state index is 12.5. The number of hydrogen-bond acceptors (Lipinski definition) is 5. The Labute approximate surface area is 142 Å². The number of benzene rings is 1. The summed E-state index contributed by atoms with van der Waals surface area (Å²) in [5, 5.41) is 3.81. The molecule has 4 nitrogen and oxygen atoms in total. The van der Waals surface area contributed by atoms with Crippen molar-refractivity contribution in [3.8, 4) is 5.75 Å². The van der Waals surface area contributed by atoms with Gasteiger partial charge in [0, 0.05) is 48.4 Å². The first kappa shape index (κ1) is 16.6. The topological polar surface area (TPSA) is 38.2 Å². The van der Waals surface area contributed by atoms with Crippen molar-refractivity contribution in [2.24, 2.45) is 0 Å². The third-order valence-corrected chi connectivity index (χ3v) is 4.51. The second-order valence-corrected chi connectivity index (χ2v) is 6.42. The lowest BCUT2D eigenvalue weighted by molar-refractivity contribution is -0.0497. The standard InChI is InChI=1S/C17H17F2N3OS/c1-11-9-15(22(2)7-5-16-20-6-8-24-16)13-10-12(23-17(18)19)3-4-14(13)21-11/h3-4,6,8-10,17H,5,7H2,1-2H3. The lowest BCUT2D eigenvalue weighted by Gasteiger charge is -2.21. The third-order valence-electron chi connectivity index (χ3n) is 3.67. The van der Waals surface area contributed by atoms with Crippen LogP contribution in [-0.4, -0.2) is 30.2 Å². The van der Waals surface area contributed by atoms with E-state index in [1.807, 2.05) is 25.4 Å². The summed E-state index contributed by atoms with van der Waals surface area (Å²) in [7, 11) is 1.97. The zero-order valence-corrected chi connectivity index (χ0v) is 14.2. The molecule has 0 aliphatic rings. The van der Waals surface area contributed by atoms with Gasteiger partial charge >= 0.3 is 6.61 Å². The number of nitrogens with zero attached hydrogens (tertiary/aromatic N) is 3. The minimum Gasteiger partial charge on any atom is -0.435 e. The molecule has 0 bridgehead atoms. The van der Waals surface area contributed by atoms with Crippen LogP contribution in [0.15, 0.2) is 35.8 Å². The number of pyridine rings is 1. The minimum absolute atomic E-state index is 0.137. The summed E-state index contributed by atoms with van der Waals surface area (Å²) in [4.78, 5) is 10.8. The van der Waals surface area contributed by atoms with E-state index in [0.717, 1.165) is 40.3 Å². The average molecular weight is 349 g/mol. The molecule has 0 saturated heterocycles. The molecule has 0 unspecified atom stereocenters. The molecule has 3 aromatic rings. The van der Waals surface area contributed by atoms with Gasteiger partial charge in [-0.3, -0.25) is 4.98 Å². The van der Waals surface area contributed by atoms with Crippen molar-refractivity contribution in [2.45, 2.75) is 20.0 Å². The van der Waals surface area contributed by atoms with E-state index < -0.39 is 6.61 Å². The van der Waals surface area contributed by atoms with E-state index in [1.165, 1.54) is 6.07 Å². The summed E-state index contributed by atoms with van der Waals surface area (Å²) in [6.45, 7) is -0.153. The summed E-state index contributed by atoms with van der Waals surface area (Å²) in [6.07, 6.45) is 2.62. The molecule has 0 amide bonds. The molecule has 0 radical (unpaired) electrons. The van der Waals surface area contributed by atoms with E-state index in [2.05, 4.69) is 19.6 Å². The van der Waals surface area contributed by atoms with Crippen LogP contribution in [0, 0.1) is 6.92 Å². The fourth-order valence-electron chi connectivity index (χ4n) is 2.57. The van der Waals surface area contributed by atoms with E-state index in [-0.39, 0.29) is 5.75 Å². The van der Waals surface area contributed by atoms with Crippen LogP contribution in [-0.2, 0) is 6.42 Å². The number of likely N-dealkylation sites (N-methyl/N-ethyl adjacent to an activating group) is 1. The molecule has 0 N–H and O–H groups in total. The molecule has 3 rings (SSSR count). The van der Waals surface area contributed by atoms with Gasteiger partial charge in [0.05, 0.1) is 10.5 Å². The van der Waals surface area contributed by atoms with Crippen molar-refractivity contribution < 1.29 is 13.5 Å². The number of hydrogen-bond donors (Lipinski definition) is 0. The number of rotatable bonds is 6. The monoisotopic (exact) mass is 349 g/mol. The number of anilines is 1. The maximum Gasteiger partial charge on any atom is 0.387 e. The molecule has 0 spiro atoms. The van der Waals surface area contributed by atoms with Crippen molar-refractivity contribution in [2.75, 3.05) is 18.5 Å². The normalized spacial score (nSPS) is 11.2. The fraction of sp³-hybridized carbons (Fsp3) is 0.294. The third kappa shape index (κ3) is 3.79. The molecule has 0 aliphatic heterocycles. The van der Waals surface area contributed by atoms with Gasteiger partial charge in [0.1, 0.15) is 5.75 Å². The fourth-order valence-corrected chi connectivity index (χ4v) is 3.18. The van der Waals surface area contributed by atoms with E-state index in [9.17, 15) is 8.78 Å². The first-order chi connectivity index (χ1) is 11.5. The molecule has 2 aromatic heterocycles. The number of thiazole rings is 1. The van der Waals surface area contributed by atoms with Crippen LogP contribution in [0.3, 0.4) is 0 Å². The van der Waals surface area contributed by atoms with E-state index in [4.69, 9.17) is 0 Å². The number of halogens is 2. The highest BCUT2D eigenvalue weighted by Gasteiger charge is 2.12. The minimum atomic E-state index is -2.84. The van der Waals surface area contributed by atoms with Crippen LogP contribution in [0.1, 0.15) is 10.7 Å². The second kappa shape index (κ2) is 7.09. The van der Waals surface area contributed by atoms with Crippen LogP contribution in [0.2, 0.25) is 0 Å². The lowest BCUT2D eigenvalue weighted by Crippen LogP contribution is -2.21. The molecular weight excluding hydrogens is 332 g/mol. The number of ether oxygens (including phenoxy) is 1.